The number of aromatic nitrogens is 1. The van der Waals surface area contributed by atoms with Crippen molar-refractivity contribution in [2.75, 3.05) is 41.5 Å². The number of hydrogen-bond acceptors (Lipinski definition) is 6. The third-order valence-electron chi connectivity index (χ3n) is 6.23. The number of morpholine rings is 1. The molecule has 2 aliphatic heterocycles. The first-order valence-corrected chi connectivity index (χ1v) is 11.7. The van der Waals surface area contributed by atoms with Crippen molar-refractivity contribution in [1.82, 2.24) is 11.0 Å². The number of halogens is 3. The van der Waals surface area contributed by atoms with Gasteiger partial charge in [-0.25, -0.2) is 4.98 Å². The quantitative estimate of drug-likeness (QED) is 0.484. The Morgan fingerprint density at radius 3 is 2.62 bits per heavy atom. The molecule has 0 radical (unpaired) electrons. The molecule has 1 aromatic heterocycles. The van der Waals surface area contributed by atoms with E-state index in [9.17, 15) is 18.0 Å². The van der Waals surface area contributed by atoms with Crippen molar-refractivity contribution in [3.8, 4) is 0 Å². The van der Waals surface area contributed by atoms with E-state index in [1.807, 2.05) is 37.7 Å². The number of H-pyrrole nitrogens is 1. The van der Waals surface area contributed by atoms with Crippen LogP contribution in [0.2, 0.25) is 0 Å². The Morgan fingerprint density at radius 1 is 1.08 bits per heavy atom. The summed E-state index contributed by atoms with van der Waals surface area (Å²) in [6.07, 6.45) is 0.943. The van der Waals surface area contributed by atoms with Gasteiger partial charge in [0.1, 0.15) is 0 Å². The van der Waals surface area contributed by atoms with Gasteiger partial charge in [-0.3, -0.25) is 9.80 Å². The highest BCUT2D eigenvalue weighted by atomic mass is 19.4. The van der Waals surface area contributed by atoms with Crippen LogP contribution in [0.15, 0.2) is 67.1 Å². The molecule has 8 nitrogen and oxygen atoms in total. The Balaban J connectivity index is 1.37. The lowest BCUT2D eigenvalue weighted by Gasteiger charge is -2.31. The molecule has 5 rings (SSSR count). The number of pyridine rings is 1. The van der Waals surface area contributed by atoms with Crippen molar-refractivity contribution < 1.29 is 27.7 Å². The number of anilines is 3. The number of rotatable bonds is 5. The summed E-state index contributed by atoms with van der Waals surface area (Å²) >= 11 is 0. The van der Waals surface area contributed by atoms with Gasteiger partial charge in [-0.15, -0.1) is 5.53 Å². The summed E-state index contributed by atoms with van der Waals surface area (Å²) in [6, 6.07) is 12.8. The van der Waals surface area contributed by atoms with Crippen LogP contribution in [-0.2, 0) is 10.9 Å². The molecule has 3 aromatic rings. The summed E-state index contributed by atoms with van der Waals surface area (Å²) in [5.41, 5.74) is 9.18. The van der Waals surface area contributed by atoms with E-state index in [4.69, 9.17) is 4.74 Å². The zero-order valence-electron chi connectivity index (χ0n) is 20.0. The molecule has 11 heteroatoms. The minimum atomic E-state index is -4.57. The second-order valence-electron chi connectivity index (χ2n) is 8.73. The lowest BCUT2D eigenvalue weighted by Crippen LogP contribution is -2.37. The number of aromatic amines is 1. The number of carbonyl (C=O) groups is 1. The zero-order chi connectivity index (χ0) is 26.0. The Bertz CT molecular complexity index is 1320. The number of alkyl halides is 3. The summed E-state index contributed by atoms with van der Waals surface area (Å²) in [6.45, 7) is 3.39. The average Bonchev–Trinajstić information content (AvgIpc) is 3.39. The first-order chi connectivity index (χ1) is 17.8. The molecule has 192 valence electrons. The first-order valence-electron chi connectivity index (χ1n) is 11.7. The first kappa shape index (κ1) is 24.6. The van der Waals surface area contributed by atoms with Crippen LogP contribution in [0.1, 0.15) is 27.0 Å². The van der Waals surface area contributed by atoms with Gasteiger partial charge in [0.15, 0.2) is 12.4 Å². The lowest BCUT2D eigenvalue weighted by atomic mass is 10.1. The molecule has 0 aliphatic carbocycles. The molecule has 2 aliphatic rings. The lowest BCUT2D eigenvalue weighted by molar-refractivity contribution is -0.378. The summed E-state index contributed by atoms with van der Waals surface area (Å²) < 4.78 is 46.9. The predicted octanol–water partition coefficient (Wildman–Crippen LogP) is 3.74. The van der Waals surface area contributed by atoms with Gasteiger partial charge in [-0.2, -0.15) is 13.2 Å². The monoisotopic (exact) mass is 511 g/mol. The second-order valence-corrected chi connectivity index (χ2v) is 8.73. The average molecular weight is 512 g/mol. The fourth-order valence-corrected chi connectivity index (χ4v) is 4.29. The van der Waals surface area contributed by atoms with E-state index in [1.165, 1.54) is 12.1 Å². The molecule has 0 spiro atoms. The molecular formula is C26H26F3N6O2+. The van der Waals surface area contributed by atoms with E-state index in [2.05, 4.69) is 21.3 Å². The molecular weight excluding hydrogens is 485 g/mol. The van der Waals surface area contributed by atoms with E-state index in [1.54, 1.807) is 28.1 Å². The zero-order valence-corrected chi connectivity index (χ0v) is 20.0. The molecule has 0 bridgehead atoms. The molecule has 3 heterocycles. The van der Waals surface area contributed by atoms with E-state index in [0.717, 1.165) is 22.9 Å². The summed E-state index contributed by atoms with van der Waals surface area (Å²) in [5.74, 6) is -0.512. The number of amides is 1. The minimum Gasteiger partial charge on any atom is -0.378 e. The number of benzene rings is 2. The summed E-state index contributed by atoms with van der Waals surface area (Å²) in [4.78, 5) is 17.7. The normalized spacial score (nSPS) is 15.8. The maximum Gasteiger partial charge on any atom is 0.418 e. The van der Waals surface area contributed by atoms with Crippen LogP contribution < -0.4 is 31.2 Å². The van der Waals surface area contributed by atoms with E-state index < -0.39 is 17.6 Å². The van der Waals surface area contributed by atoms with E-state index >= 15 is 0 Å². The van der Waals surface area contributed by atoms with Crippen LogP contribution in [0.4, 0.5) is 30.2 Å². The summed E-state index contributed by atoms with van der Waals surface area (Å²) in [7, 11) is 0. The van der Waals surface area contributed by atoms with Gasteiger partial charge in [0.05, 0.1) is 35.7 Å². The molecule has 4 N–H and O–H groups in total. The highest BCUT2D eigenvalue weighted by Crippen LogP contribution is 2.38. The van der Waals surface area contributed by atoms with Gasteiger partial charge in [-0.1, -0.05) is 6.07 Å². The molecule has 1 fully saturated rings. The van der Waals surface area contributed by atoms with Crippen molar-refractivity contribution in [3.05, 3.63) is 89.4 Å². The number of nitrogens with zero attached hydrogens (tertiary/aromatic N) is 2. The fourth-order valence-electron chi connectivity index (χ4n) is 4.29. The van der Waals surface area contributed by atoms with E-state index in [-0.39, 0.29) is 11.4 Å². The number of carbonyl (C=O) groups excluding carboxylic acids is 1. The number of hydrazine groups is 2. The number of aryl methyl sites for hydroxylation is 1. The third kappa shape index (κ3) is 5.37. The van der Waals surface area contributed by atoms with Crippen LogP contribution in [0.5, 0.6) is 0 Å². The van der Waals surface area contributed by atoms with Gasteiger partial charge in [0, 0.05) is 42.3 Å². The van der Waals surface area contributed by atoms with Gasteiger partial charge < -0.3 is 20.4 Å². The van der Waals surface area contributed by atoms with Crippen molar-refractivity contribution in [2.24, 2.45) is 0 Å². The Hall–Kier alpha value is -4.09. The van der Waals surface area contributed by atoms with Crippen molar-refractivity contribution >= 4 is 28.7 Å². The fraction of sp³-hybridized carbons (Fsp3) is 0.231. The Morgan fingerprint density at radius 2 is 1.89 bits per heavy atom. The van der Waals surface area contributed by atoms with E-state index in [0.29, 0.717) is 37.6 Å². The SMILES string of the molecule is Cc1ccc(C(=O)Nc2ccc(N3CCOCC3)c(C(F)(F)F)c2)cc1N1C=C(c2ccc[nH+]c2)NN1. The van der Waals surface area contributed by atoms with Gasteiger partial charge >= 0.3 is 6.18 Å². The van der Waals surface area contributed by atoms with Gasteiger partial charge in [-0.05, 0) is 48.9 Å². The minimum absolute atomic E-state index is 0.0694. The van der Waals surface area contributed by atoms with Gasteiger partial charge in [0.2, 0.25) is 0 Å². The molecule has 0 saturated carbocycles. The van der Waals surface area contributed by atoms with Crippen LogP contribution in [0, 0.1) is 6.92 Å². The molecule has 1 amide bonds. The maximum absolute atomic E-state index is 13.9. The van der Waals surface area contributed by atoms with Crippen molar-refractivity contribution in [2.45, 2.75) is 13.1 Å². The molecule has 1 saturated heterocycles. The topological polar surface area (TPSA) is 83.0 Å². The van der Waals surface area contributed by atoms with Crippen LogP contribution in [0.25, 0.3) is 5.70 Å². The maximum atomic E-state index is 13.9. The van der Waals surface area contributed by atoms with Crippen LogP contribution in [-0.4, -0.2) is 32.2 Å². The summed E-state index contributed by atoms with van der Waals surface area (Å²) in [5, 5.41) is 4.36. The third-order valence-corrected chi connectivity index (χ3v) is 6.23. The van der Waals surface area contributed by atoms with Crippen molar-refractivity contribution in [1.29, 1.82) is 0 Å². The largest absolute Gasteiger partial charge is 0.418 e. The molecule has 0 unspecified atom stereocenters. The van der Waals surface area contributed by atoms with Crippen molar-refractivity contribution in [3.63, 3.8) is 0 Å². The molecule has 0 atom stereocenters. The van der Waals surface area contributed by atoms with Crippen LogP contribution in [0.3, 0.4) is 0 Å². The smallest absolute Gasteiger partial charge is 0.378 e. The van der Waals surface area contributed by atoms with Gasteiger partial charge in [0.25, 0.3) is 5.91 Å². The molecule has 2 aromatic carbocycles. The second kappa shape index (κ2) is 10.1. The number of hydrogen-bond donors (Lipinski definition) is 3. The number of nitrogens with one attached hydrogen (secondary N) is 4. The molecule has 37 heavy (non-hydrogen) atoms. The standard InChI is InChI=1S/C26H25F3N6O2/c1-17-4-5-18(13-24(17)35-16-22(32-33-35)19-3-2-8-30-15-19)25(36)31-20-6-7-23(21(14-20)26(27,28)29)34-9-11-37-12-10-34/h2-8,13-16,32-33H,9-12H2,1H3,(H,31,36)/p+1. The van der Waals surface area contributed by atoms with Crippen LogP contribution >= 0.6 is 0 Å². The highest BCUT2D eigenvalue weighted by Gasteiger charge is 2.35. The number of ether oxygens (including phenoxy) is 1. The Kier molecular flexibility index (Phi) is 6.72. The Labute approximate surface area is 211 Å². The highest BCUT2D eigenvalue weighted by molar-refractivity contribution is 6.05. The predicted molar refractivity (Wildman–Crippen MR) is 133 cm³/mol.